The molecule has 0 spiro atoms. The van der Waals surface area contributed by atoms with Gasteiger partial charge in [-0.2, -0.15) is 0 Å². The maximum Gasteiger partial charge on any atom is -0.0374 e. The second kappa shape index (κ2) is 0.852. The van der Waals surface area contributed by atoms with E-state index in [2.05, 4.69) is 27.1 Å². The van der Waals surface area contributed by atoms with Crippen LogP contribution in [0.3, 0.4) is 0 Å². The van der Waals surface area contributed by atoms with Crippen LogP contribution >= 0.6 is 0 Å². The molecule has 0 aromatic heterocycles. The van der Waals surface area contributed by atoms with Gasteiger partial charge >= 0.3 is 0 Å². The predicted octanol–water partition coefficient (Wildman–Crippen LogP) is -1.12. The Morgan fingerprint density at radius 3 is 1.80 bits per heavy atom. The SMILES string of the molecule is N1=NNNN1. The Labute approximate surface area is 28.3 Å². The monoisotopic (exact) mass is 73.0 g/mol. The Kier molecular flexibility index (Phi) is 0.409. The molecular formula is H3N5. The van der Waals surface area contributed by atoms with Gasteiger partial charge in [-0.05, 0) is 10.4 Å². The summed E-state index contributed by atoms with van der Waals surface area (Å²) < 4.78 is 0. The van der Waals surface area contributed by atoms with Crippen molar-refractivity contribution in [3.05, 3.63) is 0 Å². The lowest BCUT2D eigenvalue weighted by molar-refractivity contribution is 0.553. The van der Waals surface area contributed by atoms with E-state index >= 15 is 0 Å². The molecule has 0 saturated heterocycles. The Morgan fingerprint density at radius 1 is 1.00 bits per heavy atom. The van der Waals surface area contributed by atoms with Crippen molar-refractivity contribution in [2.75, 3.05) is 0 Å². The largest absolute Gasteiger partial charge is 0.203 e. The van der Waals surface area contributed by atoms with Crippen molar-refractivity contribution in [1.82, 2.24) is 16.6 Å². The lowest BCUT2D eigenvalue weighted by Gasteiger charge is -1.80. The average Bonchev–Trinajstić information content (AvgIpc) is 1.76. The normalized spacial score (nSPS) is 17.6. The van der Waals surface area contributed by atoms with Crippen molar-refractivity contribution in [3.63, 3.8) is 0 Å². The number of hydrogen-bond donors (Lipinski definition) is 3. The molecule has 0 aromatic carbocycles. The van der Waals surface area contributed by atoms with Crippen molar-refractivity contribution in [1.29, 1.82) is 0 Å². The van der Waals surface area contributed by atoms with Crippen molar-refractivity contribution in [3.8, 4) is 0 Å². The van der Waals surface area contributed by atoms with Gasteiger partial charge < -0.3 is 0 Å². The summed E-state index contributed by atoms with van der Waals surface area (Å²) >= 11 is 0. The number of hydrazine groups is 2. The fourth-order valence-electron chi connectivity index (χ4n) is 0.125. The first-order valence-electron chi connectivity index (χ1n) is 1.15. The van der Waals surface area contributed by atoms with Crippen LogP contribution in [0, 0.1) is 0 Å². The van der Waals surface area contributed by atoms with Crippen molar-refractivity contribution in [2.24, 2.45) is 10.4 Å². The van der Waals surface area contributed by atoms with E-state index in [0.29, 0.717) is 0 Å². The van der Waals surface area contributed by atoms with Gasteiger partial charge in [-0.1, -0.05) is 0 Å². The molecule has 0 fully saturated rings. The highest BCUT2D eigenvalue weighted by Crippen LogP contribution is 1.59. The Balaban J connectivity index is 2.32. The van der Waals surface area contributed by atoms with Gasteiger partial charge in [0.2, 0.25) is 0 Å². The second-order valence-electron chi connectivity index (χ2n) is 0.549. The first-order chi connectivity index (χ1) is 2.50. The third kappa shape index (κ3) is 0.246. The Morgan fingerprint density at radius 2 is 1.60 bits per heavy atom. The summed E-state index contributed by atoms with van der Waals surface area (Å²) in [5, 5.41) is 6.47. The second-order valence-corrected chi connectivity index (χ2v) is 0.549. The van der Waals surface area contributed by atoms with Gasteiger partial charge in [0.15, 0.2) is 0 Å². The summed E-state index contributed by atoms with van der Waals surface area (Å²) in [5.41, 5.74) is 7.03. The molecule has 1 aliphatic rings. The molecule has 5 heavy (non-hydrogen) atoms. The molecule has 0 aromatic rings. The molecule has 0 aliphatic carbocycles. The number of rotatable bonds is 0. The van der Waals surface area contributed by atoms with Gasteiger partial charge in [-0.25, -0.2) is 11.1 Å². The molecule has 1 aliphatic heterocycles. The summed E-state index contributed by atoms with van der Waals surface area (Å²) in [6, 6.07) is 0. The standard InChI is InChI=1S/H3N5/c1-2-4-5-3-1/h(H3,1,2,3,4,5). The molecule has 1 rings (SSSR count). The van der Waals surface area contributed by atoms with Crippen molar-refractivity contribution in [2.45, 2.75) is 0 Å². The fourth-order valence-corrected chi connectivity index (χ4v) is 0.125. The van der Waals surface area contributed by atoms with Gasteiger partial charge in [-0.15, -0.1) is 5.53 Å². The molecule has 0 amide bonds. The fraction of sp³-hybridized carbons (Fsp3) is 0. The quantitative estimate of drug-likeness (QED) is 0.340. The minimum absolute atomic E-state index is 2.32. The highest BCUT2D eigenvalue weighted by Gasteiger charge is 1.77. The Hall–Kier alpha value is -0.840. The number of nitrogens with zero attached hydrogens (tertiary/aromatic N) is 2. The summed E-state index contributed by atoms with van der Waals surface area (Å²) in [6.07, 6.45) is 0. The van der Waals surface area contributed by atoms with Gasteiger partial charge in [0, 0.05) is 0 Å². The molecule has 3 N–H and O–H groups in total. The van der Waals surface area contributed by atoms with Crippen molar-refractivity contribution < 1.29 is 0 Å². The van der Waals surface area contributed by atoms with E-state index in [1.807, 2.05) is 0 Å². The van der Waals surface area contributed by atoms with E-state index in [9.17, 15) is 0 Å². The lowest BCUT2D eigenvalue weighted by atomic mass is 12.4. The highest BCUT2D eigenvalue weighted by molar-refractivity contribution is 4.16. The van der Waals surface area contributed by atoms with Crippen LogP contribution in [0.5, 0.6) is 0 Å². The van der Waals surface area contributed by atoms with Crippen LogP contribution in [0.1, 0.15) is 0 Å². The van der Waals surface area contributed by atoms with E-state index in [4.69, 9.17) is 0 Å². The van der Waals surface area contributed by atoms with Crippen LogP contribution in [-0.4, -0.2) is 0 Å². The van der Waals surface area contributed by atoms with Crippen LogP contribution in [-0.2, 0) is 0 Å². The summed E-state index contributed by atoms with van der Waals surface area (Å²) in [5.74, 6) is 0. The molecule has 5 heteroatoms. The minimum atomic E-state index is 2.32. The van der Waals surface area contributed by atoms with Crippen molar-refractivity contribution >= 4 is 0 Å². The van der Waals surface area contributed by atoms with Crippen LogP contribution in [0.25, 0.3) is 0 Å². The molecule has 1 heterocycles. The zero-order valence-electron chi connectivity index (χ0n) is 2.39. The van der Waals surface area contributed by atoms with Gasteiger partial charge in [0.1, 0.15) is 0 Å². The molecule has 5 nitrogen and oxygen atoms in total. The van der Waals surface area contributed by atoms with Crippen LogP contribution < -0.4 is 16.6 Å². The van der Waals surface area contributed by atoms with Gasteiger partial charge in [-0.3, -0.25) is 0 Å². The van der Waals surface area contributed by atoms with Crippen LogP contribution in [0.2, 0.25) is 0 Å². The van der Waals surface area contributed by atoms with Gasteiger partial charge in [0.05, 0.1) is 0 Å². The van der Waals surface area contributed by atoms with Crippen LogP contribution in [0.15, 0.2) is 10.4 Å². The van der Waals surface area contributed by atoms with E-state index in [0.717, 1.165) is 0 Å². The van der Waals surface area contributed by atoms with Gasteiger partial charge in [0.25, 0.3) is 0 Å². The average molecular weight is 73.1 g/mol. The number of nitrogens with one attached hydrogen (secondary N) is 3. The molecule has 0 atom stereocenters. The van der Waals surface area contributed by atoms with E-state index < -0.39 is 0 Å². The smallest absolute Gasteiger partial charge is 0.0374 e. The zero-order chi connectivity index (χ0) is 3.54. The zero-order valence-corrected chi connectivity index (χ0v) is 2.39. The minimum Gasteiger partial charge on any atom is -0.203 e. The van der Waals surface area contributed by atoms with E-state index in [-0.39, 0.29) is 0 Å². The third-order valence-electron chi connectivity index (χ3n) is 0.262. The summed E-state index contributed by atoms with van der Waals surface area (Å²) in [7, 11) is 0. The first kappa shape index (κ1) is 2.40. The molecular weight excluding hydrogens is 70.0 g/mol. The topological polar surface area (TPSA) is 60.8 Å². The summed E-state index contributed by atoms with van der Waals surface area (Å²) in [4.78, 5) is 0. The lowest BCUT2D eigenvalue weighted by Crippen LogP contribution is -2.29. The highest BCUT2D eigenvalue weighted by atomic mass is 15.9. The summed E-state index contributed by atoms with van der Waals surface area (Å²) in [6.45, 7) is 0. The third-order valence-corrected chi connectivity index (χ3v) is 0.262. The maximum atomic E-state index is 3.24. The first-order valence-corrected chi connectivity index (χ1v) is 1.15. The molecule has 0 bridgehead atoms. The van der Waals surface area contributed by atoms with E-state index in [1.165, 1.54) is 0 Å². The molecule has 0 radical (unpaired) electrons. The molecule has 0 saturated carbocycles. The van der Waals surface area contributed by atoms with E-state index in [1.54, 1.807) is 0 Å². The molecule has 0 unspecified atom stereocenters. The van der Waals surface area contributed by atoms with Crippen LogP contribution in [0.4, 0.5) is 0 Å². The number of hydrogen-bond acceptors (Lipinski definition) is 5. The molecule has 28 valence electrons. The predicted molar refractivity (Wildman–Crippen MR) is 14.3 cm³/mol. The Bertz CT molecular complexity index is 38.0. The maximum absolute atomic E-state index is 3.24.